The van der Waals surface area contributed by atoms with Crippen LogP contribution >= 0.6 is 15.9 Å². The third kappa shape index (κ3) is 2.80. The van der Waals surface area contributed by atoms with Gasteiger partial charge in [-0.2, -0.15) is 0 Å². The van der Waals surface area contributed by atoms with Gasteiger partial charge in [0.05, 0.1) is 0 Å². The fourth-order valence-electron chi connectivity index (χ4n) is 2.03. The number of hydrogen-bond acceptors (Lipinski definition) is 3. The number of esters is 1. The topological polar surface area (TPSA) is 35.5 Å². The van der Waals surface area contributed by atoms with Gasteiger partial charge in [0, 0.05) is 17.8 Å². The maximum Gasteiger partial charge on any atom is 0.302 e. The van der Waals surface area contributed by atoms with Crippen molar-refractivity contribution in [1.82, 2.24) is 0 Å². The Morgan fingerprint density at radius 1 is 1.59 bits per heavy atom. The molecule has 2 rings (SSSR count). The standard InChI is InChI=1S/C13H15BrO3/c1-3-9-4-11(14)5-10-6-12(17-13(9)10)7-16-8(2)15/h4-5,12H,3,6-7H2,1-2H3. The van der Waals surface area contributed by atoms with Crippen LogP contribution in [0.3, 0.4) is 0 Å². The summed E-state index contributed by atoms with van der Waals surface area (Å²) in [7, 11) is 0. The predicted octanol–water partition coefficient (Wildman–Crippen LogP) is 2.88. The quantitative estimate of drug-likeness (QED) is 0.805. The van der Waals surface area contributed by atoms with E-state index in [1.54, 1.807) is 0 Å². The van der Waals surface area contributed by atoms with Crippen molar-refractivity contribution < 1.29 is 14.3 Å². The molecule has 0 aromatic heterocycles. The zero-order valence-corrected chi connectivity index (χ0v) is 11.5. The molecule has 0 fully saturated rings. The molecule has 0 radical (unpaired) electrons. The first-order valence-corrected chi connectivity index (χ1v) is 6.50. The van der Waals surface area contributed by atoms with Gasteiger partial charge in [-0.15, -0.1) is 0 Å². The lowest BCUT2D eigenvalue weighted by Crippen LogP contribution is -2.22. The predicted molar refractivity (Wildman–Crippen MR) is 68.3 cm³/mol. The van der Waals surface area contributed by atoms with Crippen molar-refractivity contribution >= 4 is 21.9 Å². The normalized spacial score (nSPS) is 17.5. The summed E-state index contributed by atoms with van der Waals surface area (Å²) < 4.78 is 11.9. The Bertz CT molecular complexity index is 443. The summed E-state index contributed by atoms with van der Waals surface area (Å²) in [6.45, 7) is 3.84. The second-order valence-electron chi connectivity index (χ2n) is 4.15. The van der Waals surface area contributed by atoms with Gasteiger partial charge < -0.3 is 9.47 Å². The zero-order valence-electron chi connectivity index (χ0n) is 9.96. The summed E-state index contributed by atoms with van der Waals surface area (Å²) in [6, 6.07) is 4.15. The molecule has 4 heteroatoms. The van der Waals surface area contributed by atoms with Crippen LogP contribution in [0.4, 0.5) is 0 Å². The average Bonchev–Trinajstić information content (AvgIpc) is 2.67. The van der Waals surface area contributed by atoms with Gasteiger partial charge in [-0.05, 0) is 29.7 Å². The first-order chi connectivity index (χ1) is 8.10. The van der Waals surface area contributed by atoms with Gasteiger partial charge in [0.15, 0.2) is 0 Å². The van der Waals surface area contributed by atoms with Crippen LogP contribution in [0.15, 0.2) is 16.6 Å². The molecular weight excluding hydrogens is 284 g/mol. The van der Waals surface area contributed by atoms with Crippen LogP contribution in [0.5, 0.6) is 5.75 Å². The van der Waals surface area contributed by atoms with Crippen molar-refractivity contribution in [3.8, 4) is 5.75 Å². The number of ether oxygens (including phenoxy) is 2. The fourth-order valence-corrected chi connectivity index (χ4v) is 2.59. The maximum absolute atomic E-state index is 10.8. The molecule has 0 N–H and O–H groups in total. The molecule has 1 aromatic rings. The Labute approximate surface area is 109 Å². The highest BCUT2D eigenvalue weighted by Gasteiger charge is 2.26. The van der Waals surface area contributed by atoms with E-state index in [0.717, 1.165) is 23.1 Å². The molecule has 1 atom stereocenters. The first-order valence-electron chi connectivity index (χ1n) is 5.71. The maximum atomic E-state index is 10.8. The Kier molecular flexibility index (Phi) is 3.72. The largest absolute Gasteiger partial charge is 0.486 e. The van der Waals surface area contributed by atoms with E-state index in [4.69, 9.17) is 9.47 Å². The second-order valence-corrected chi connectivity index (χ2v) is 5.07. The van der Waals surface area contributed by atoms with Gasteiger partial charge in [0.25, 0.3) is 0 Å². The molecule has 0 saturated heterocycles. The Hall–Kier alpha value is -1.03. The van der Waals surface area contributed by atoms with Crippen LogP contribution in [-0.2, 0) is 22.4 Å². The highest BCUT2D eigenvalue weighted by Crippen LogP contribution is 2.35. The lowest BCUT2D eigenvalue weighted by molar-refractivity contribution is -0.143. The first kappa shape index (κ1) is 12.4. The number of halogens is 1. The molecular formula is C13H15BrO3. The number of rotatable bonds is 3. The van der Waals surface area contributed by atoms with E-state index in [0.29, 0.717) is 6.61 Å². The number of carbonyl (C=O) groups is 1. The number of benzene rings is 1. The minimum Gasteiger partial charge on any atom is -0.486 e. The molecule has 1 aliphatic heterocycles. The van der Waals surface area contributed by atoms with E-state index >= 15 is 0 Å². The van der Waals surface area contributed by atoms with E-state index in [2.05, 4.69) is 35.0 Å². The third-order valence-corrected chi connectivity index (χ3v) is 3.25. The van der Waals surface area contributed by atoms with Crippen LogP contribution in [0.1, 0.15) is 25.0 Å². The van der Waals surface area contributed by atoms with Crippen LogP contribution in [0.2, 0.25) is 0 Å². The summed E-state index contributed by atoms with van der Waals surface area (Å²) in [4.78, 5) is 10.8. The van der Waals surface area contributed by atoms with Crippen LogP contribution in [0, 0.1) is 0 Å². The second kappa shape index (κ2) is 5.08. The van der Waals surface area contributed by atoms with Gasteiger partial charge in [-0.3, -0.25) is 4.79 Å². The van der Waals surface area contributed by atoms with Crippen molar-refractivity contribution in [2.45, 2.75) is 32.8 Å². The van der Waals surface area contributed by atoms with Crippen LogP contribution in [-0.4, -0.2) is 18.7 Å². The van der Waals surface area contributed by atoms with Crippen molar-refractivity contribution in [2.75, 3.05) is 6.61 Å². The van der Waals surface area contributed by atoms with Gasteiger partial charge in [0.1, 0.15) is 18.5 Å². The van der Waals surface area contributed by atoms with Crippen molar-refractivity contribution in [1.29, 1.82) is 0 Å². The smallest absolute Gasteiger partial charge is 0.302 e. The van der Waals surface area contributed by atoms with E-state index in [-0.39, 0.29) is 12.1 Å². The summed E-state index contributed by atoms with van der Waals surface area (Å²) in [6.07, 6.45) is 1.69. The van der Waals surface area contributed by atoms with Gasteiger partial charge >= 0.3 is 5.97 Å². The molecule has 0 aliphatic carbocycles. The monoisotopic (exact) mass is 298 g/mol. The van der Waals surface area contributed by atoms with Crippen molar-refractivity contribution in [3.05, 3.63) is 27.7 Å². The van der Waals surface area contributed by atoms with E-state index < -0.39 is 0 Å². The number of hydrogen-bond donors (Lipinski definition) is 0. The third-order valence-electron chi connectivity index (χ3n) is 2.79. The number of carbonyl (C=O) groups excluding carboxylic acids is 1. The number of fused-ring (bicyclic) bond motifs is 1. The Morgan fingerprint density at radius 3 is 3.00 bits per heavy atom. The molecule has 1 aromatic carbocycles. The van der Waals surface area contributed by atoms with Crippen molar-refractivity contribution in [2.24, 2.45) is 0 Å². The molecule has 0 saturated carbocycles. The van der Waals surface area contributed by atoms with Gasteiger partial charge in [-0.25, -0.2) is 0 Å². The molecule has 1 unspecified atom stereocenters. The fraction of sp³-hybridized carbons (Fsp3) is 0.462. The zero-order chi connectivity index (χ0) is 12.4. The molecule has 0 bridgehead atoms. The Morgan fingerprint density at radius 2 is 2.35 bits per heavy atom. The summed E-state index contributed by atoms with van der Waals surface area (Å²) in [5.41, 5.74) is 2.38. The molecule has 0 spiro atoms. The highest BCUT2D eigenvalue weighted by molar-refractivity contribution is 9.10. The van der Waals surface area contributed by atoms with Crippen LogP contribution < -0.4 is 4.74 Å². The highest BCUT2D eigenvalue weighted by atomic mass is 79.9. The van der Waals surface area contributed by atoms with Gasteiger partial charge in [-0.1, -0.05) is 22.9 Å². The lowest BCUT2D eigenvalue weighted by Gasteiger charge is -2.11. The molecule has 17 heavy (non-hydrogen) atoms. The molecule has 1 aliphatic rings. The molecule has 1 heterocycles. The van der Waals surface area contributed by atoms with Crippen molar-refractivity contribution in [3.63, 3.8) is 0 Å². The molecule has 92 valence electrons. The van der Waals surface area contributed by atoms with E-state index in [1.807, 2.05) is 0 Å². The van der Waals surface area contributed by atoms with E-state index in [1.165, 1.54) is 18.1 Å². The number of aryl methyl sites for hydroxylation is 1. The molecule has 3 nitrogen and oxygen atoms in total. The van der Waals surface area contributed by atoms with E-state index in [9.17, 15) is 4.79 Å². The van der Waals surface area contributed by atoms with Gasteiger partial charge in [0.2, 0.25) is 0 Å². The SMILES string of the molecule is CCc1cc(Br)cc2c1OC(COC(C)=O)C2. The molecule has 0 amide bonds. The summed E-state index contributed by atoms with van der Waals surface area (Å²) in [5.74, 6) is 0.703. The summed E-state index contributed by atoms with van der Waals surface area (Å²) >= 11 is 3.50. The summed E-state index contributed by atoms with van der Waals surface area (Å²) in [5, 5.41) is 0. The average molecular weight is 299 g/mol. The van der Waals surface area contributed by atoms with Crippen LogP contribution in [0.25, 0.3) is 0 Å². The minimum atomic E-state index is -0.263. The lowest BCUT2D eigenvalue weighted by atomic mass is 10.1. The minimum absolute atomic E-state index is 0.0477. The Balaban J connectivity index is 2.13.